The van der Waals surface area contributed by atoms with Crippen molar-refractivity contribution in [1.29, 1.82) is 0 Å². The molecule has 0 saturated heterocycles. The van der Waals surface area contributed by atoms with E-state index in [1.54, 1.807) is 28.7 Å². The smallest absolute Gasteiger partial charge is 0.343 e. The minimum absolute atomic E-state index is 0.0624. The van der Waals surface area contributed by atoms with Crippen LogP contribution in [0.2, 0.25) is 0 Å². The first-order valence-electron chi connectivity index (χ1n) is 9.91. The van der Waals surface area contributed by atoms with E-state index in [-0.39, 0.29) is 24.5 Å². The Kier molecular flexibility index (Phi) is 11.1. The number of hydrogen-bond acceptors (Lipinski definition) is 8. The summed E-state index contributed by atoms with van der Waals surface area (Å²) in [5, 5.41) is 0. The van der Waals surface area contributed by atoms with E-state index in [1.807, 2.05) is 28.7 Å². The van der Waals surface area contributed by atoms with Crippen LogP contribution in [-0.2, 0) is 14.9 Å². The molecule has 0 aliphatic rings. The van der Waals surface area contributed by atoms with Crippen LogP contribution in [-0.4, -0.2) is 38.1 Å². The molecule has 17 heteroatoms. The molecule has 0 atom stereocenters. The second kappa shape index (κ2) is 13.3. The highest BCUT2D eigenvalue weighted by atomic mass is 127. The van der Waals surface area contributed by atoms with Gasteiger partial charge in [-0.15, -0.1) is 0 Å². The van der Waals surface area contributed by atoms with Gasteiger partial charge in [-0.25, -0.2) is 26.8 Å². The Balaban J connectivity index is 1.67. The third-order valence-corrected chi connectivity index (χ3v) is 9.95. The van der Waals surface area contributed by atoms with Crippen LogP contribution in [0.25, 0.3) is 0 Å². The molecule has 8 nitrogen and oxygen atoms in total. The molecule has 0 aliphatic heterocycles. The average Bonchev–Trinajstić information content (AvgIpc) is 2.85. The zero-order chi connectivity index (χ0) is 29.2. The summed E-state index contributed by atoms with van der Waals surface area (Å²) in [7, 11) is -5.92. The molecule has 3 aromatic carbocycles. The van der Waals surface area contributed by atoms with E-state index in [2.05, 4.69) is 49.9 Å². The summed E-state index contributed by atoms with van der Waals surface area (Å²) in [5.41, 5.74) is 0.0856. The van der Waals surface area contributed by atoms with Crippen LogP contribution in [0.3, 0.4) is 0 Å². The van der Waals surface area contributed by atoms with E-state index in [0.717, 1.165) is 16.8 Å². The molecule has 0 saturated carbocycles. The number of halogens is 8. The van der Waals surface area contributed by atoms with Gasteiger partial charge in [0.2, 0.25) is 17.4 Å². The Morgan fingerprint density at radius 2 is 1.44 bits per heavy atom. The van der Waals surface area contributed by atoms with E-state index in [1.165, 1.54) is 12.1 Å². The van der Waals surface area contributed by atoms with Crippen molar-refractivity contribution in [2.45, 2.75) is 4.90 Å². The standard InChI is InChI=1S/C22H10F4I4O8S/c23-14-16(25)20(39(33,34)35)17(26)15(24)19(14)38-21(31)8-1-2-13(11(28)5-8)36-3-4-37-22(32)10-6-9(27)7-12(29)18(10)30/h1-2,5-7H,3-4H2,(H,33,34,35)/p-1. The SMILES string of the molecule is O=C(Oc1c(F)c(F)c(S(=O)(=O)[O-])c(F)c1F)c1ccc(OCCOC(=O)c2cc(I)cc(I)c2I)c(I)c1. The molecule has 3 rings (SSSR count). The van der Waals surface area contributed by atoms with E-state index < -0.39 is 56.0 Å². The second-order valence-corrected chi connectivity index (χ2v) is 13.1. The molecular weight excluding hydrogens is 1010 g/mol. The molecule has 0 bridgehead atoms. The molecule has 0 amide bonds. The maximum Gasteiger partial charge on any atom is 0.343 e. The quantitative estimate of drug-likeness (QED) is 0.0512. The molecule has 0 aromatic heterocycles. The summed E-state index contributed by atoms with van der Waals surface area (Å²) in [4.78, 5) is 22.4. The largest absolute Gasteiger partial charge is 0.744 e. The maximum atomic E-state index is 14.1. The molecule has 208 valence electrons. The molecule has 0 fully saturated rings. The number of hydrogen-bond donors (Lipinski definition) is 0. The zero-order valence-corrected chi connectivity index (χ0v) is 27.9. The third kappa shape index (κ3) is 7.62. The average molecular weight is 1020 g/mol. The number of carbonyl (C=O) groups is 2. The van der Waals surface area contributed by atoms with Crippen LogP contribution in [0.15, 0.2) is 35.2 Å². The molecule has 0 radical (unpaired) electrons. The summed E-state index contributed by atoms with van der Waals surface area (Å²) in [6.07, 6.45) is 0. The number of rotatable bonds is 8. The molecule has 0 spiro atoms. The molecule has 3 aromatic rings. The molecule has 0 N–H and O–H groups in total. The van der Waals surface area contributed by atoms with Gasteiger partial charge in [-0.2, -0.15) is 8.78 Å². The van der Waals surface area contributed by atoms with Crippen molar-refractivity contribution >= 4 is 112 Å². The zero-order valence-electron chi connectivity index (χ0n) is 18.5. The predicted molar refractivity (Wildman–Crippen MR) is 159 cm³/mol. The van der Waals surface area contributed by atoms with Gasteiger partial charge in [0, 0.05) is 10.7 Å². The Morgan fingerprint density at radius 3 is 2.00 bits per heavy atom. The lowest BCUT2D eigenvalue weighted by Gasteiger charge is -2.14. The summed E-state index contributed by atoms with van der Waals surface area (Å²) in [5.74, 6) is -13.4. The minimum Gasteiger partial charge on any atom is -0.744 e. The van der Waals surface area contributed by atoms with Crippen LogP contribution >= 0.6 is 90.4 Å². The summed E-state index contributed by atoms with van der Waals surface area (Å²) in [6.45, 7) is -0.172. The highest BCUT2D eigenvalue weighted by molar-refractivity contribution is 14.1. The lowest BCUT2D eigenvalue weighted by atomic mass is 10.2. The van der Waals surface area contributed by atoms with Gasteiger partial charge in [0.1, 0.15) is 34.0 Å². The van der Waals surface area contributed by atoms with Crippen molar-refractivity contribution in [3.05, 3.63) is 79.0 Å². The van der Waals surface area contributed by atoms with Crippen LogP contribution in [0.1, 0.15) is 20.7 Å². The molecule has 0 heterocycles. The Hall–Kier alpha value is -1.05. The Morgan fingerprint density at radius 1 is 0.821 bits per heavy atom. The number of carbonyl (C=O) groups excluding carboxylic acids is 2. The molecule has 0 aliphatic carbocycles. The normalized spacial score (nSPS) is 11.3. The fourth-order valence-corrected chi connectivity index (χ4v) is 6.53. The lowest BCUT2D eigenvalue weighted by molar-refractivity contribution is 0.0448. The van der Waals surface area contributed by atoms with Gasteiger partial charge in [0.25, 0.3) is 0 Å². The summed E-state index contributed by atoms with van der Waals surface area (Å²) < 4.78 is 107. The van der Waals surface area contributed by atoms with E-state index in [0.29, 0.717) is 9.13 Å². The molecular formula is C22H9F4I4O8S-. The first-order valence-corrected chi connectivity index (χ1v) is 15.6. The van der Waals surface area contributed by atoms with Crippen molar-refractivity contribution in [1.82, 2.24) is 0 Å². The van der Waals surface area contributed by atoms with Gasteiger partial charge in [-0.3, -0.25) is 0 Å². The second-order valence-electron chi connectivity index (χ2n) is 7.14. The fraction of sp³-hybridized carbons (Fsp3) is 0.0909. The third-order valence-electron chi connectivity index (χ3n) is 4.58. The van der Waals surface area contributed by atoms with E-state index in [9.17, 15) is 40.1 Å². The minimum atomic E-state index is -5.92. The van der Waals surface area contributed by atoms with Gasteiger partial charge in [-0.05, 0) is 121 Å². The molecule has 0 unspecified atom stereocenters. The van der Waals surface area contributed by atoms with Crippen molar-refractivity contribution in [2.75, 3.05) is 13.2 Å². The number of benzene rings is 3. The van der Waals surface area contributed by atoms with Crippen molar-refractivity contribution in [3.8, 4) is 11.5 Å². The van der Waals surface area contributed by atoms with Gasteiger partial charge in [0.15, 0.2) is 11.6 Å². The Labute approximate surface area is 272 Å². The van der Waals surface area contributed by atoms with Crippen molar-refractivity contribution < 1.29 is 54.3 Å². The van der Waals surface area contributed by atoms with Crippen LogP contribution < -0.4 is 9.47 Å². The molecule has 39 heavy (non-hydrogen) atoms. The summed E-state index contributed by atoms with van der Waals surface area (Å²) >= 11 is 7.99. The van der Waals surface area contributed by atoms with Gasteiger partial charge >= 0.3 is 11.9 Å². The number of ether oxygens (including phenoxy) is 3. The first-order chi connectivity index (χ1) is 18.1. The van der Waals surface area contributed by atoms with Gasteiger partial charge in [0.05, 0.1) is 14.7 Å². The van der Waals surface area contributed by atoms with Gasteiger partial charge < -0.3 is 18.8 Å². The predicted octanol–water partition coefficient (Wildman–Crippen LogP) is 6.02. The van der Waals surface area contributed by atoms with Gasteiger partial charge in [-0.1, -0.05) is 0 Å². The lowest BCUT2D eigenvalue weighted by Crippen LogP contribution is -2.16. The van der Waals surface area contributed by atoms with Crippen LogP contribution in [0.5, 0.6) is 11.5 Å². The number of esters is 2. The van der Waals surface area contributed by atoms with E-state index in [4.69, 9.17) is 9.47 Å². The fourth-order valence-electron chi connectivity index (χ4n) is 2.87. The van der Waals surface area contributed by atoms with Crippen molar-refractivity contribution in [2.24, 2.45) is 0 Å². The first kappa shape index (κ1) is 32.5. The monoisotopic (exact) mass is 1020 g/mol. The van der Waals surface area contributed by atoms with E-state index >= 15 is 0 Å². The topological polar surface area (TPSA) is 119 Å². The Bertz CT molecular complexity index is 1570. The van der Waals surface area contributed by atoms with Crippen molar-refractivity contribution in [3.63, 3.8) is 0 Å². The summed E-state index contributed by atoms with van der Waals surface area (Å²) in [6, 6.07) is 7.16. The van der Waals surface area contributed by atoms with Crippen LogP contribution in [0, 0.1) is 37.5 Å². The maximum absolute atomic E-state index is 14.1. The van der Waals surface area contributed by atoms with Crippen LogP contribution in [0.4, 0.5) is 17.6 Å². The highest BCUT2D eigenvalue weighted by Crippen LogP contribution is 2.33. The highest BCUT2D eigenvalue weighted by Gasteiger charge is 2.31.